The van der Waals surface area contributed by atoms with E-state index in [1.807, 2.05) is 13.8 Å². The average Bonchev–Trinajstić information content (AvgIpc) is 2.70. The molecule has 1 fully saturated rings. The van der Waals surface area contributed by atoms with Gasteiger partial charge in [0.05, 0.1) is 12.1 Å². The zero-order valence-electron chi connectivity index (χ0n) is 10.3. The van der Waals surface area contributed by atoms with Gasteiger partial charge in [0.2, 0.25) is 0 Å². The third kappa shape index (κ3) is 1.88. The zero-order valence-corrected chi connectivity index (χ0v) is 11.2. The fourth-order valence-electron chi connectivity index (χ4n) is 1.97. The molecule has 0 amide bonds. The lowest BCUT2D eigenvalue weighted by atomic mass is 10.1. The van der Waals surface area contributed by atoms with Crippen molar-refractivity contribution in [2.24, 2.45) is 0 Å². The molecular weight excluding hydrogens is 244 g/mol. The van der Waals surface area contributed by atoms with E-state index in [1.54, 1.807) is 13.8 Å². The molecule has 6 nitrogen and oxygen atoms in total. The number of rotatable bonds is 2. The highest BCUT2D eigenvalue weighted by Gasteiger charge is 2.44. The molecule has 0 aromatic carbocycles. The summed E-state index contributed by atoms with van der Waals surface area (Å²) in [6.07, 6.45) is 0. The predicted molar refractivity (Wildman–Crippen MR) is 59.9 cm³/mol. The Labute approximate surface area is 101 Å². The first-order chi connectivity index (χ1) is 7.77. The van der Waals surface area contributed by atoms with Gasteiger partial charge in [-0.15, -0.1) is 0 Å². The topological polar surface area (TPSA) is 72.6 Å². The quantitative estimate of drug-likeness (QED) is 0.794. The first-order valence-corrected chi connectivity index (χ1v) is 6.74. The van der Waals surface area contributed by atoms with Gasteiger partial charge in [-0.1, -0.05) is 5.16 Å². The van der Waals surface area contributed by atoms with Crippen LogP contribution in [0.2, 0.25) is 0 Å². The van der Waals surface area contributed by atoms with E-state index in [1.165, 1.54) is 4.31 Å². The van der Waals surface area contributed by atoms with Crippen molar-refractivity contribution in [3.05, 3.63) is 11.5 Å². The van der Waals surface area contributed by atoms with Crippen LogP contribution in [0.4, 0.5) is 0 Å². The summed E-state index contributed by atoms with van der Waals surface area (Å²) in [5.74, 6) is 0.310. The van der Waals surface area contributed by atoms with Gasteiger partial charge in [0.25, 0.3) is 10.0 Å². The molecule has 2 heterocycles. The number of ether oxygens (including phenoxy) is 1. The van der Waals surface area contributed by atoms with Gasteiger partial charge in [-0.25, -0.2) is 8.42 Å². The van der Waals surface area contributed by atoms with E-state index in [4.69, 9.17) is 9.26 Å². The molecule has 17 heavy (non-hydrogen) atoms. The molecule has 0 bridgehead atoms. The number of nitrogens with zero attached hydrogens (tertiary/aromatic N) is 2. The van der Waals surface area contributed by atoms with Crippen LogP contribution in [-0.4, -0.2) is 36.8 Å². The first kappa shape index (κ1) is 12.5. The zero-order chi connectivity index (χ0) is 12.8. The second-order valence-electron chi connectivity index (χ2n) is 4.80. The smallest absolute Gasteiger partial charge is 0.251 e. The van der Waals surface area contributed by atoms with Crippen molar-refractivity contribution in [2.75, 3.05) is 13.3 Å². The van der Waals surface area contributed by atoms with Gasteiger partial charge in [-0.2, -0.15) is 4.31 Å². The van der Waals surface area contributed by atoms with Gasteiger partial charge in [-0.05, 0) is 27.7 Å². The third-order valence-corrected chi connectivity index (χ3v) is 5.13. The number of aryl methyl sites for hydroxylation is 2. The van der Waals surface area contributed by atoms with Crippen LogP contribution in [0, 0.1) is 13.8 Å². The van der Waals surface area contributed by atoms with Crippen LogP contribution in [0.25, 0.3) is 0 Å². The molecule has 1 aromatic heterocycles. The lowest BCUT2D eigenvalue weighted by Crippen LogP contribution is -2.44. The molecule has 0 unspecified atom stereocenters. The van der Waals surface area contributed by atoms with E-state index >= 15 is 0 Å². The average molecular weight is 260 g/mol. The predicted octanol–water partition coefficient (Wildman–Crippen LogP) is 1.05. The van der Waals surface area contributed by atoms with E-state index in [9.17, 15) is 8.42 Å². The Hall–Kier alpha value is -0.920. The molecule has 96 valence electrons. The summed E-state index contributed by atoms with van der Waals surface area (Å²) in [5, 5.41) is 3.68. The van der Waals surface area contributed by atoms with E-state index in [2.05, 4.69) is 5.16 Å². The molecule has 1 aliphatic heterocycles. The Morgan fingerprint density at radius 2 is 2.00 bits per heavy atom. The van der Waals surface area contributed by atoms with Crippen molar-refractivity contribution < 1.29 is 17.7 Å². The number of hydrogen-bond acceptors (Lipinski definition) is 5. The molecule has 2 rings (SSSR count). The van der Waals surface area contributed by atoms with E-state index in [-0.39, 0.29) is 11.6 Å². The van der Waals surface area contributed by atoms with Crippen LogP contribution >= 0.6 is 0 Å². The Morgan fingerprint density at radius 3 is 2.41 bits per heavy atom. The minimum atomic E-state index is -3.61. The van der Waals surface area contributed by atoms with Gasteiger partial charge in [0.15, 0.2) is 5.76 Å². The monoisotopic (exact) mass is 260 g/mol. The maximum absolute atomic E-state index is 12.5. The Kier molecular flexibility index (Phi) is 2.80. The van der Waals surface area contributed by atoms with Gasteiger partial charge in [0, 0.05) is 0 Å². The lowest BCUT2D eigenvalue weighted by Gasteiger charge is -2.27. The van der Waals surface area contributed by atoms with Gasteiger partial charge in [0.1, 0.15) is 17.3 Å². The van der Waals surface area contributed by atoms with Crippen LogP contribution in [-0.2, 0) is 14.8 Å². The molecule has 7 heteroatoms. The fourth-order valence-corrected chi connectivity index (χ4v) is 3.92. The Balaban J connectivity index is 2.51. The molecule has 0 aliphatic carbocycles. The Bertz CT molecular complexity index is 513. The number of hydrogen-bond donors (Lipinski definition) is 0. The second kappa shape index (κ2) is 3.79. The van der Waals surface area contributed by atoms with Crippen molar-refractivity contribution in [3.63, 3.8) is 0 Å². The van der Waals surface area contributed by atoms with Crippen molar-refractivity contribution in [2.45, 2.75) is 38.1 Å². The summed E-state index contributed by atoms with van der Waals surface area (Å²) in [6.45, 7) is 7.32. The van der Waals surface area contributed by atoms with Crippen LogP contribution < -0.4 is 0 Å². The normalized spacial score (nSPS) is 20.9. The number of sulfonamides is 1. The molecule has 0 spiro atoms. The van der Waals surface area contributed by atoms with Gasteiger partial charge < -0.3 is 9.26 Å². The maximum Gasteiger partial charge on any atom is 0.251 e. The van der Waals surface area contributed by atoms with Crippen LogP contribution in [0.15, 0.2) is 9.42 Å². The van der Waals surface area contributed by atoms with E-state index in [0.717, 1.165) is 0 Å². The van der Waals surface area contributed by atoms with Crippen LogP contribution in [0.5, 0.6) is 0 Å². The van der Waals surface area contributed by atoms with Crippen molar-refractivity contribution in [3.8, 4) is 0 Å². The minimum absolute atomic E-state index is 0.0688. The molecule has 0 N–H and O–H groups in total. The van der Waals surface area contributed by atoms with E-state index < -0.39 is 15.6 Å². The SMILES string of the molecule is Cc1noc(C)c1S(=O)(=O)N1COCC1(C)C. The highest BCUT2D eigenvalue weighted by atomic mass is 32.2. The first-order valence-electron chi connectivity index (χ1n) is 5.30. The molecule has 1 saturated heterocycles. The molecule has 0 saturated carbocycles. The van der Waals surface area contributed by atoms with Crippen molar-refractivity contribution in [1.29, 1.82) is 0 Å². The van der Waals surface area contributed by atoms with Crippen molar-refractivity contribution >= 4 is 10.0 Å². The molecule has 1 aromatic rings. The molecule has 1 aliphatic rings. The molecule has 0 radical (unpaired) electrons. The van der Waals surface area contributed by atoms with Crippen molar-refractivity contribution in [1.82, 2.24) is 9.46 Å². The summed E-state index contributed by atoms with van der Waals surface area (Å²) in [6, 6.07) is 0. The lowest BCUT2D eigenvalue weighted by molar-refractivity contribution is 0.171. The summed E-state index contributed by atoms with van der Waals surface area (Å²) in [5.41, 5.74) is -0.167. The second-order valence-corrected chi connectivity index (χ2v) is 6.60. The highest BCUT2D eigenvalue weighted by molar-refractivity contribution is 7.89. The summed E-state index contributed by atoms with van der Waals surface area (Å²) in [7, 11) is -3.61. The summed E-state index contributed by atoms with van der Waals surface area (Å²) >= 11 is 0. The fraction of sp³-hybridized carbons (Fsp3) is 0.700. The maximum atomic E-state index is 12.5. The number of aromatic nitrogens is 1. The Morgan fingerprint density at radius 1 is 1.35 bits per heavy atom. The largest absolute Gasteiger partial charge is 0.363 e. The third-order valence-electron chi connectivity index (χ3n) is 2.85. The summed E-state index contributed by atoms with van der Waals surface area (Å²) in [4.78, 5) is 0.149. The highest BCUT2D eigenvalue weighted by Crippen LogP contribution is 2.31. The van der Waals surface area contributed by atoms with Crippen LogP contribution in [0.3, 0.4) is 0 Å². The van der Waals surface area contributed by atoms with E-state index in [0.29, 0.717) is 18.1 Å². The minimum Gasteiger partial charge on any atom is -0.363 e. The van der Waals surface area contributed by atoms with Crippen LogP contribution in [0.1, 0.15) is 25.3 Å². The van der Waals surface area contributed by atoms with Gasteiger partial charge >= 0.3 is 0 Å². The van der Waals surface area contributed by atoms with Gasteiger partial charge in [-0.3, -0.25) is 0 Å². The molecule has 0 atom stereocenters. The molecular formula is C10H16N2O4S. The summed E-state index contributed by atoms with van der Waals surface area (Å²) < 4.78 is 36.5. The standard InChI is InChI=1S/C10H16N2O4S/c1-7-9(8(2)16-11-7)17(13,14)12-6-15-5-10(12,3)4/h5-6H2,1-4H3.